The van der Waals surface area contributed by atoms with Gasteiger partial charge in [0.25, 0.3) is 5.91 Å². The van der Waals surface area contributed by atoms with Crippen molar-refractivity contribution in [3.63, 3.8) is 0 Å². The van der Waals surface area contributed by atoms with Crippen LogP contribution in [0.1, 0.15) is 43.7 Å². The van der Waals surface area contributed by atoms with Crippen molar-refractivity contribution in [1.29, 1.82) is 0 Å². The summed E-state index contributed by atoms with van der Waals surface area (Å²) in [5.74, 6) is 0.777. The molecule has 1 N–H and O–H groups in total. The molecule has 2 aliphatic heterocycles. The lowest BCUT2D eigenvalue weighted by Crippen LogP contribution is -2.45. The molecule has 1 fully saturated rings. The molecule has 0 spiro atoms. The molecule has 26 heavy (non-hydrogen) atoms. The summed E-state index contributed by atoms with van der Waals surface area (Å²) in [5, 5.41) is 2.99. The number of hydrogen-bond acceptors (Lipinski definition) is 3. The van der Waals surface area contributed by atoms with Gasteiger partial charge >= 0.3 is 6.03 Å². The molecule has 3 amide bonds. The SMILES string of the molecule is COc1cccc([C@@H]2NC(=O)N(C)C3=C2C(=O)N(C2CCCCC2)C3)c1. The Kier molecular flexibility index (Phi) is 4.34. The molecule has 2 heterocycles. The molecule has 6 nitrogen and oxygen atoms in total. The van der Waals surface area contributed by atoms with Crippen molar-refractivity contribution in [2.75, 3.05) is 20.7 Å². The Morgan fingerprint density at radius 2 is 1.92 bits per heavy atom. The summed E-state index contributed by atoms with van der Waals surface area (Å²) in [6, 6.07) is 7.26. The second kappa shape index (κ2) is 6.67. The number of rotatable bonds is 3. The van der Waals surface area contributed by atoms with Crippen LogP contribution in [-0.4, -0.2) is 48.5 Å². The van der Waals surface area contributed by atoms with E-state index in [0.29, 0.717) is 17.9 Å². The highest BCUT2D eigenvalue weighted by atomic mass is 16.5. The molecule has 1 atom stereocenters. The van der Waals surface area contributed by atoms with Gasteiger partial charge in [0, 0.05) is 13.1 Å². The van der Waals surface area contributed by atoms with Crippen LogP contribution < -0.4 is 10.1 Å². The monoisotopic (exact) mass is 355 g/mol. The van der Waals surface area contributed by atoms with Gasteiger partial charge in [-0.25, -0.2) is 4.79 Å². The van der Waals surface area contributed by atoms with Gasteiger partial charge in [-0.05, 0) is 30.5 Å². The number of ether oxygens (including phenoxy) is 1. The van der Waals surface area contributed by atoms with Crippen LogP contribution in [0.15, 0.2) is 35.5 Å². The van der Waals surface area contributed by atoms with Crippen molar-refractivity contribution in [1.82, 2.24) is 15.1 Å². The Morgan fingerprint density at radius 3 is 2.65 bits per heavy atom. The minimum Gasteiger partial charge on any atom is -0.497 e. The minimum atomic E-state index is -0.426. The molecule has 3 aliphatic rings. The average molecular weight is 355 g/mol. The van der Waals surface area contributed by atoms with Crippen molar-refractivity contribution in [3.8, 4) is 5.75 Å². The first-order valence-corrected chi connectivity index (χ1v) is 9.32. The van der Waals surface area contributed by atoms with Crippen molar-refractivity contribution in [2.24, 2.45) is 0 Å². The van der Waals surface area contributed by atoms with Gasteiger partial charge in [-0.15, -0.1) is 0 Å². The topological polar surface area (TPSA) is 61.9 Å². The fraction of sp³-hybridized carbons (Fsp3) is 0.500. The second-order valence-electron chi connectivity index (χ2n) is 7.30. The van der Waals surface area contributed by atoms with Crippen LogP contribution in [0.3, 0.4) is 0 Å². The number of methoxy groups -OCH3 is 1. The molecule has 138 valence electrons. The summed E-state index contributed by atoms with van der Waals surface area (Å²) in [4.78, 5) is 29.3. The van der Waals surface area contributed by atoms with E-state index in [0.717, 1.165) is 24.1 Å². The first-order chi connectivity index (χ1) is 12.6. The zero-order chi connectivity index (χ0) is 18.3. The Labute approximate surface area is 153 Å². The van der Waals surface area contributed by atoms with Crippen LogP contribution in [0.4, 0.5) is 4.79 Å². The van der Waals surface area contributed by atoms with Crippen LogP contribution in [0, 0.1) is 0 Å². The van der Waals surface area contributed by atoms with E-state index in [1.54, 1.807) is 19.1 Å². The van der Waals surface area contributed by atoms with Gasteiger partial charge in [0.1, 0.15) is 5.75 Å². The lowest BCUT2D eigenvalue weighted by molar-refractivity contribution is -0.128. The van der Waals surface area contributed by atoms with Gasteiger partial charge < -0.3 is 15.0 Å². The van der Waals surface area contributed by atoms with Crippen molar-refractivity contribution < 1.29 is 14.3 Å². The highest BCUT2D eigenvalue weighted by Crippen LogP contribution is 2.38. The first-order valence-electron chi connectivity index (χ1n) is 9.32. The molecule has 0 aromatic heterocycles. The lowest BCUT2D eigenvalue weighted by atomic mass is 9.93. The normalized spacial score (nSPS) is 24.0. The van der Waals surface area contributed by atoms with E-state index >= 15 is 0 Å². The van der Waals surface area contributed by atoms with E-state index in [1.165, 1.54) is 19.3 Å². The minimum absolute atomic E-state index is 0.0616. The molecule has 0 bridgehead atoms. The maximum absolute atomic E-state index is 13.3. The van der Waals surface area contributed by atoms with Crippen LogP contribution in [-0.2, 0) is 4.79 Å². The third kappa shape index (κ3) is 2.73. The zero-order valence-electron chi connectivity index (χ0n) is 15.3. The van der Waals surface area contributed by atoms with E-state index in [-0.39, 0.29) is 18.0 Å². The van der Waals surface area contributed by atoms with Crippen LogP contribution in [0.5, 0.6) is 5.75 Å². The molecular formula is C20H25N3O3. The molecule has 1 aliphatic carbocycles. The number of hydrogen-bond donors (Lipinski definition) is 1. The number of carbonyl (C=O) groups excluding carboxylic acids is 2. The summed E-state index contributed by atoms with van der Waals surface area (Å²) < 4.78 is 5.31. The smallest absolute Gasteiger partial charge is 0.322 e. The summed E-state index contributed by atoms with van der Waals surface area (Å²) in [5.41, 5.74) is 2.40. The summed E-state index contributed by atoms with van der Waals surface area (Å²) in [7, 11) is 3.35. The number of nitrogens with zero attached hydrogens (tertiary/aromatic N) is 2. The molecule has 0 saturated heterocycles. The number of likely N-dealkylation sites (N-methyl/N-ethyl adjacent to an activating group) is 1. The van der Waals surface area contributed by atoms with E-state index in [4.69, 9.17) is 4.74 Å². The maximum atomic E-state index is 13.3. The predicted octanol–water partition coefficient (Wildman–Crippen LogP) is 2.82. The van der Waals surface area contributed by atoms with Gasteiger partial charge in [-0.3, -0.25) is 9.69 Å². The van der Waals surface area contributed by atoms with E-state index in [1.807, 2.05) is 29.2 Å². The Morgan fingerprint density at radius 1 is 1.15 bits per heavy atom. The number of amides is 3. The van der Waals surface area contributed by atoms with Gasteiger partial charge in [-0.2, -0.15) is 0 Å². The maximum Gasteiger partial charge on any atom is 0.322 e. The fourth-order valence-corrected chi connectivity index (χ4v) is 4.35. The van der Waals surface area contributed by atoms with Crippen molar-refractivity contribution in [3.05, 3.63) is 41.1 Å². The molecule has 0 unspecified atom stereocenters. The third-order valence-corrected chi connectivity index (χ3v) is 5.83. The second-order valence-corrected chi connectivity index (χ2v) is 7.30. The third-order valence-electron chi connectivity index (χ3n) is 5.83. The van der Waals surface area contributed by atoms with Crippen LogP contribution in [0.25, 0.3) is 0 Å². The van der Waals surface area contributed by atoms with Gasteiger partial charge in [0.05, 0.1) is 31.0 Å². The number of urea groups is 1. The van der Waals surface area contributed by atoms with Crippen molar-refractivity contribution >= 4 is 11.9 Å². The molecule has 0 radical (unpaired) electrons. The highest BCUT2D eigenvalue weighted by Gasteiger charge is 2.44. The standard InChI is InChI=1S/C20H25N3O3/c1-22-16-12-23(14-8-4-3-5-9-14)19(24)17(16)18(21-20(22)25)13-7-6-10-15(11-13)26-2/h6-7,10-11,14,18H,3-5,8-9,12H2,1-2H3,(H,21,25)/t18-/m0/s1. The fourth-order valence-electron chi connectivity index (χ4n) is 4.35. The van der Waals surface area contributed by atoms with E-state index in [2.05, 4.69) is 5.32 Å². The Balaban J connectivity index is 1.70. The van der Waals surface area contributed by atoms with E-state index in [9.17, 15) is 9.59 Å². The molecular weight excluding hydrogens is 330 g/mol. The van der Waals surface area contributed by atoms with Crippen LogP contribution >= 0.6 is 0 Å². The first kappa shape index (κ1) is 16.9. The van der Waals surface area contributed by atoms with Gasteiger partial charge in [0.2, 0.25) is 0 Å². The quantitative estimate of drug-likeness (QED) is 0.907. The average Bonchev–Trinajstić information content (AvgIpc) is 3.03. The van der Waals surface area contributed by atoms with Gasteiger partial charge in [-0.1, -0.05) is 31.4 Å². The zero-order valence-corrected chi connectivity index (χ0v) is 15.3. The van der Waals surface area contributed by atoms with E-state index < -0.39 is 6.04 Å². The number of nitrogens with one attached hydrogen (secondary N) is 1. The summed E-state index contributed by atoms with van der Waals surface area (Å²) in [6.07, 6.45) is 5.71. The number of benzene rings is 1. The number of carbonyl (C=O) groups is 2. The lowest BCUT2D eigenvalue weighted by Gasteiger charge is -2.31. The predicted molar refractivity (Wildman–Crippen MR) is 97.6 cm³/mol. The molecule has 1 saturated carbocycles. The molecule has 1 aromatic rings. The Hall–Kier alpha value is -2.50. The molecule has 4 rings (SSSR count). The highest BCUT2D eigenvalue weighted by molar-refractivity contribution is 6.01. The summed E-state index contributed by atoms with van der Waals surface area (Å²) >= 11 is 0. The van der Waals surface area contributed by atoms with Crippen LogP contribution in [0.2, 0.25) is 0 Å². The summed E-state index contributed by atoms with van der Waals surface area (Å²) in [6.45, 7) is 0.531. The molecule has 1 aromatic carbocycles. The Bertz CT molecular complexity index is 767. The van der Waals surface area contributed by atoms with Crippen molar-refractivity contribution in [2.45, 2.75) is 44.2 Å². The largest absolute Gasteiger partial charge is 0.497 e. The van der Waals surface area contributed by atoms with Gasteiger partial charge in [0.15, 0.2) is 0 Å². The molecule has 6 heteroatoms.